The molecule has 0 aromatic heterocycles. The van der Waals surface area contributed by atoms with E-state index in [1.807, 2.05) is 0 Å². The Labute approximate surface area is 87.5 Å². The summed E-state index contributed by atoms with van der Waals surface area (Å²) in [4.78, 5) is 11.0. The Hall–Kier alpha value is -0.320. The number of carbonyl (C=O) groups excluding carboxylic acids is 1. The summed E-state index contributed by atoms with van der Waals surface area (Å²) in [5.74, 6) is -1.62. The predicted molar refractivity (Wildman–Crippen MR) is 47.8 cm³/mol. The van der Waals surface area contributed by atoms with E-state index in [0.717, 1.165) is 19.3 Å². The number of alkyl halides is 3. The highest BCUT2D eigenvalue weighted by Crippen LogP contribution is 2.55. The molecule has 1 saturated carbocycles. The van der Waals surface area contributed by atoms with E-state index >= 15 is 0 Å². The minimum atomic E-state index is -4.72. The van der Waals surface area contributed by atoms with Crippen molar-refractivity contribution in [2.75, 3.05) is 0 Å². The standard InChI is InChI=1S/C9H8BrF3O/c10-7-5-3-1-2-4(5)6(7)8(14)9(11,12)13/h4-5H,1-3H2/t4-,5+/m1/s1. The van der Waals surface area contributed by atoms with Crippen LogP contribution in [0.1, 0.15) is 19.3 Å². The van der Waals surface area contributed by atoms with Crippen molar-refractivity contribution in [1.29, 1.82) is 0 Å². The van der Waals surface area contributed by atoms with Crippen molar-refractivity contribution in [3.05, 3.63) is 10.1 Å². The van der Waals surface area contributed by atoms with Crippen LogP contribution in [0.2, 0.25) is 0 Å². The van der Waals surface area contributed by atoms with Crippen LogP contribution in [0.3, 0.4) is 0 Å². The molecular formula is C9H8BrF3O. The highest BCUT2D eigenvalue weighted by molar-refractivity contribution is 9.11. The first-order valence-corrected chi connectivity index (χ1v) is 5.23. The van der Waals surface area contributed by atoms with E-state index in [9.17, 15) is 18.0 Å². The van der Waals surface area contributed by atoms with Gasteiger partial charge in [0.15, 0.2) is 0 Å². The summed E-state index contributed by atoms with van der Waals surface area (Å²) in [6, 6.07) is 0. The fourth-order valence-electron chi connectivity index (χ4n) is 2.32. The van der Waals surface area contributed by atoms with Crippen LogP contribution in [-0.4, -0.2) is 12.0 Å². The maximum atomic E-state index is 12.1. The first-order chi connectivity index (χ1) is 6.43. The van der Waals surface area contributed by atoms with Gasteiger partial charge in [-0.3, -0.25) is 4.79 Å². The zero-order valence-corrected chi connectivity index (χ0v) is 8.78. The van der Waals surface area contributed by atoms with Crippen LogP contribution < -0.4 is 0 Å². The van der Waals surface area contributed by atoms with Crippen LogP contribution in [0.5, 0.6) is 0 Å². The molecule has 2 aliphatic carbocycles. The molecule has 5 heteroatoms. The van der Waals surface area contributed by atoms with Gasteiger partial charge in [-0.15, -0.1) is 0 Å². The van der Waals surface area contributed by atoms with Gasteiger partial charge >= 0.3 is 6.18 Å². The number of hydrogen-bond acceptors (Lipinski definition) is 1. The molecule has 78 valence electrons. The number of halogens is 4. The van der Waals surface area contributed by atoms with Crippen molar-refractivity contribution in [2.45, 2.75) is 25.4 Å². The van der Waals surface area contributed by atoms with Gasteiger partial charge in [-0.25, -0.2) is 0 Å². The van der Waals surface area contributed by atoms with Crippen LogP contribution in [0.4, 0.5) is 13.2 Å². The van der Waals surface area contributed by atoms with Crippen molar-refractivity contribution in [1.82, 2.24) is 0 Å². The molecule has 2 rings (SSSR count). The molecule has 0 bridgehead atoms. The third-order valence-electron chi connectivity index (χ3n) is 2.97. The number of ketones is 1. The molecular weight excluding hydrogens is 261 g/mol. The summed E-state index contributed by atoms with van der Waals surface area (Å²) in [7, 11) is 0. The smallest absolute Gasteiger partial charge is 0.284 e. The summed E-state index contributed by atoms with van der Waals surface area (Å²) >= 11 is 3.09. The molecule has 0 aromatic carbocycles. The molecule has 0 unspecified atom stereocenters. The minimum Gasteiger partial charge on any atom is -0.284 e. The summed E-state index contributed by atoms with van der Waals surface area (Å²) in [6.45, 7) is 0. The lowest BCUT2D eigenvalue weighted by atomic mass is 9.75. The zero-order chi connectivity index (χ0) is 10.5. The maximum absolute atomic E-state index is 12.1. The Morgan fingerprint density at radius 1 is 1.29 bits per heavy atom. The average molecular weight is 269 g/mol. The largest absolute Gasteiger partial charge is 0.454 e. The number of rotatable bonds is 1. The van der Waals surface area contributed by atoms with E-state index in [-0.39, 0.29) is 17.4 Å². The van der Waals surface area contributed by atoms with Crippen LogP contribution >= 0.6 is 15.9 Å². The topological polar surface area (TPSA) is 17.1 Å². The number of Topliss-reactive ketones (excluding diaryl/α,β-unsaturated/α-hetero) is 1. The van der Waals surface area contributed by atoms with Gasteiger partial charge in [0.2, 0.25) is 0 Å². The Bertz CT molecular complexity index is 319. The molecule has 2 atom stereocenters. The van der Waals surface area contributed by atoms with E-state index in [1.165, 1.54) is 0 Å². The van der Waals surface area contributed by atoms with Crippen LogP contribution in [-0.2, 0) is 4.79 Å². The predicted octanol–water partition coefficient (Wildman–Crippen LogP) is 3.20. The van der Waals surface area contributed by atoms with Gasteiger partial charge in [0.25, 0.3) is 5.78 Å². The maximum Gasteiger partial charge on any atom is 0.454 e. The lowest BCUT2D eigenvalue weighted by molar-refractivity contribution is -0.167. The quantitative estimate of drug-likeness (QED) is 0.714. The van der Waals surface area contributed by atoms with E-state index in [4.69, 9.17) is 0 Å². The second-order valence-electron chi connectivity index (χ2n) is 3.73. The lowest BCUT2D eigenvalue weighted by Gasteiger charge is -2.33. The molecule has 0 aromatic rings. The highest BCUT2D eigenvalue weighted by Gasteiger charge is 2.52. The van der Waals surface area contributed by atoms with Gasteiger partial charge in [0.1, 0.15) is 0 Å². The zero-order valence-electron chi connectivity index (χ0n) is 7.20. The second-order valence-corrected chi connectivity index (χ2v) is 4.59. The molecule has 0 aliphatic heterocycles. The first-order valence-electron chi connectivity index (χ1n) is 4.44. The SMILES string of the molecule is O=C(C1=C(Br)[C@H]2CCC[C@@H]12)C(F)(F)F. The van der Waals surface area contributed by atoms with Crippen molar-refractivity contribution in [3.8, 4) is 0 Å². The molecule has 0 radical (unpaired) electrons. The summed E-state index contributed by atoms with van der Waals surface area (Å²) < 4.78 is 36.9. The van der Waals surface area contributed by atoms with Crippen molar-refractivity contribution in [3.63, 3.8) is 0 Å². The molecule has 2 aliphatic rings. The van der Waals surface area contributed by atoms with Gasteiger partial charge in [0.05, 0.1) is 0 Å². The Balaban J connectivity index is 2.25. The van der Waals surface area contributed by atoms with Crippen LogP contribution in [0.15, 0.2) is 10.1 Å². The molecule has 14 heavy (non-hydrogen) atoms. The highest BCUT2D eigenvalue weighted by atomic mass is 79.9. The normalized spacial score (nSPS) is 31.4. The molecule has 0 N–H and O–H groups in total. The number of fused-ring (bicyclic) bond motifs is 1. The van der Waals surface area contributed by atoms with E-state index in [0.29, 0.717) is 4.48 Å². The molecule has 0 amide bonds. The Morgan fingerprint density at radius 3 is 2.43 bits per heavy atom. The van der Waals surface area contributed by atoms with E-state index in [2.05, 4.69) is 15.9 Å². The average Bonchev–Trinajstić information content (AvgIpc) is 2.46. The molecule has 1 nitrogen and oxygen atoms in total. The van der Waals surface area contributed by atoms with E-state index < -0.39 is 12.0 Å². The molecule has 0 saturated heterocycles. The minimum absolute atomic E-state index is 0.0278. The van der Waals surface area contributed by atoms with Crippen molar-refractivity contribution in [2.24, 2.45) is 11.8 Å². The Morgan fingerprint density at radius 2 is 1.86 bits per heavy atom. The summed E-state index contributed by atoms with van der Waals surface area (Å²) in [6.07, 6.45) is -2.18. The second kappa shape index (κ2) is 3.08. The van der Waals surface area contributed by atoms with Crippen LogP contribution in [0.25, 0.3) is 0 Å². The molecule has 1 fully saturated rings. The third-order valence-corrected chi connectivity index (χ3v) is 3.99. The lowest BCUT2D eigenvalue weighted by Crippen LogP contribution is -2.36. The first kappa shape index (κ1) is 10.2. The molecule has 0 spiro atoms. The van der Waals surface area contributed by atoms with Gasteiger partial charge in [-0.05, 0) is 24.7 Å². The van der Waals surface area contributed by atoms with Crippen LogP contribution in [0, 0.1) is 11.8 Å². The van der Waals surface area contributed by atoms with Crippen molar-refractivity contribution >= 4 is 21.7 Å². The monoisotopic (exact) mass is 268 g/mol. The van der Waals surface area contributed by atoms with E-state index in [1.54, 1.807) is 0 Å². The molecule has 0 heterocycles. The summed E-state index contributed by atoms with van der Waals surface area (Å²) in [5.41, 5.74) is -0.0278. The summed E-state index contributed by atoms with van der Waals surface area (Å²) in [5, 5.41) is 0. The number of allylic oxidation sites excluding steroid dienone is 2. The van der Waals surface area contributed by atoms with Crippen molar-refractivity contribution < 1.29 is 18.0 Å². The fourth-order valence-corrected chi connectivity index (χ4v) is 3.34. The third kappa shape index (κ3) is 1.33. The van der Waals surface area contributed by atoms with Gasteiger partial charge in [-0.2, -0.15) is 13.2 Å². The van der Waals surface area contributed by atoms with Gasteiger partial charge < -0.3 is 0 Å². The fraction of sp³-hybridized carbons (Fsp3) is 0.667. The van der Waals surface area contributed by atoms with Gasteiger partial charge in [-0.1, -0.05) is 22.4 Å². The van der Waals surface area contributed by atoms with Gasteiger partial charge in [0, 0.05) is 10.1 Å². The number of carbonyl (C=O) groups is 1. The number of hydrogen-bond donors (Lipinski definition) is 0. The Kier molecular flexibility index (Phi) is 2.25.